The van der Waals surface area contributed by atoms with Crippen LogP contribution in [0, 0.1) is 0 Å². The molecule has 2 rings (SSSR count). The van der Waals surface area contributed by atoms with Crippen molar-refractivity contribution in [1.82, 2.24) is 0 Å². The van der Waals surface area contributed by atoms with Gasteiger partial charge in [0, 0.05) is 18.6 Å². The van der Waals surface area contributed by atoms with E-state index >= 15 is 0 Å². The standard InChI is InChI=1S/C22H24O8/c1-14(23)30-22-18(26-3)11-15(12-19(22)27-4)9-10-20(24)29-13-16-7-6-8-17(25-2)21(16)28-5/h6-12H,13H2,1-5H3/b10-9+. The first kappa shape index (κ1) is 22.6. The van der Waals surface area contributed by atoms with Crippen LogP contribution in [0.1, 0.15) is 18.1 Å². The van der Waals surface area contributed by atoms with Crippen molar-refractivity contribution in [2.45, 2.75) is 13.5 Å². The first-order valence-corrected chi connectivity index (χ1v) is 8.92. The van der Waals surface area contributed by atoms with Gasteiger partial charge in [0.2, 0.25) is 5.75 Å². The molecular formula is C22H24O8. The minimum absolute atomic E-state index is 0.0155. The summed E-state index contributed by atoms with van der Waals surface area (Å²) in [5.41, 5.74) is 1.27. The molecule has 0 aliphatic carbocycles. The van der Waals surface area contributed by atoms with Crippen LogP contribution in [0.4, 0.5) is 0 Å². The predicted octanol–water partition coefficient (Wildman–Crippen LogP) is 3.40. The minimum atomic E-state index is -0.554. The SMILES string of the molecule is COc1cccc(COC(=O)/C=C/c2cc(OC)c(OC(C)=O)c(OC)c2)c1OC. The van der Waals surface area contributed by atoms with E-state index in [2.05, 4.69) is 0 Å². The maximum absolute atomic E-state index is 12.2. The Bertz CT molecular complexity index is 908. The smallest absolute Gasteiger partial charge is 0.331 e. The first-order chi connectivity index (χ1) is 14.4. The molecule has 0 aliphatic rings. The Morgan fingerprint density at radius 1 is 0.867 bits per heavy atom. The van der Waals surface area contributed by atoms with Gasteiger partial charge in [-0.15, -0.1) is 0 Å². The molecular weight excluding hydrogens is 392 g/mol. The number of hydrogen-bond acceptors (Lipinski definition) is 8. The predicted molar refractivity (Wildman–Crippen MR) is 109 cm³/mol. The Kier molecular flexibility index (Phi) is 8.10. The van der Waals surface area contributed by atoms with E-state index in [1.54, 1.807) is 30.3 Å². The van der Waals surface area contributed by atoms with Gasteiger partial charge in [0.05, 0.1) is 28.4 Å². The number of esters is 2. The molecule has 0 radical (unpaired) electrons. The number of ether oxygens (including phenoxy) is 6. The van der Waals surface area contributed by atoms with E-state index in [9.17, 15) is 9.59 Å². The van der Waals surface area contributed by atoms with E-state index in [4.69, 9.17) is 28.4 Å². The van der Waals surface area contributed by atoms with E-state index < -0.39 is 11.9 Å². The van der Waals surface area contributed by atoms with Crippen LogP contribution in [0.15, 0.2) is 36.4 Å². The Morgan fingerprint density at radius 3 is 2.03 bits per heavy atom. The summed E-state index contributed by atoms with van der Waals surface area (Å²) in [7, 11) is 5.92. The lowest BCUT2D eigenvalue weighted by molar-refractivity contribution is -0.139. The summed E-state index contributed by atoms with van der Waals surface area (Å²) in [6.07, 6.45) is 2.81. The second-order valence-corrected chi connectivity index (χ2v) is 5.94. The summed E-state index contributed by atoms with van der Waals surface area (Å²) in [6, 6.07) is 8.53. The lowest BCUT2D eigenvalue weighted by atomic mass is 10.1. The molecule has 8 heteroatoms. The third-order valence-corrected chi connectivity index (χ3v) is 4.00. The third kappa shape index (κ3) is 5.66. The third-order valence-electron chi connectivity index (χ3n) is 4.00. The van der Waals surface area contributed by atoms with Gasteiger partial charge in [-0.05, 0) is 29.8 Å². The van der Waals surface area contributed by atoms with Crippen molar-refractivity contribution in [1.29, 1.82) is 0 Å². The normalized spacial score (nSPS) is 10.4. The van der Waals surface area contributed by atoms with E-state index in [0.29, 0.717) is 34.1 Å². The van der Waals surface area contributed by atoms with Crippen molar-refractivity contribution in [2.75, 3.05) is 28.4 Å². The quantitative estimate of drug-likeness (QED) is 0.349. The lowest BCUT2D eigenvalue weighted by Crippen LogP contribution is -2.05. The zero-order chi connectivity index (χ0) is 22.1. The van der Waals surface area contributed by atoms with Crippen LogP contribution in [-0.2, 0) is 20.9 Å². The lowest BCUT2D eigenvalue weighted by Gasteiger charge is -2.13. The number of carbonyl (C=O) groups excluding carboxylic acids is 2. The number of rotatable bonds is 9. The molecule has 0 heterocycles. The maximum atomic E-state index is 12.2. The number of para-hydroxylation sites is 1. The monoisotopic (exact) mass is 416 g/mol. The molecule has 0 bridgehead atoms. The van der Waals surface area contributed by atoms with Crippen molar-refractivity contribution in [2.24, 2.45) is 0 Å². The summed E-state index contributed by atoms with van der Waals surface area (Å²) in [6.45, 7) is 1.29. The van der Waals surface area contributed by atoms with Gasteiger partial charge in [0.25, 0.3) is 0 Å². The zero-order valence-corrected chi connectivity index (χ0v) is 17.5. The number of carbonyl (C=O) groups is 2. The number of hydrogen-bond donors (Lipinski definition) is 0. The summed E-state index contributed by atoms with van der Waals surface area (Å²) in [5.74, 6) is 0.740. The van der Waals surface area contributed by atoms with E-state index in [1.807, 2.05) is 0 Å². The highest BCUT2D eigenvalue weighted by Crippen LogP contribution is 2.39. The fourth-order valence-electron chi connectivity index (χ4n) is 2.67. The first-order valence-electron chi connectivity index (χ1n) is 8.92. The van der Waals surface area contributed by atoms with Gasteiger partial charge in [0.15, 0.2) is 23.0 Å². The summed E-state index contributed by atoms with van der Waals surface area (Å²) >= 11 is 0. The van der Waals surface area contributed by atoms with Crippen LogP contribution in [0.2, 0.25) is 0 Å². The zero-order valence-electron chi connectivity index (χ0n) is 17.5. The molecule has 2 aromatic rings. The highest BCUT2D eigenvalue weighted by molar-refractivity contribution is 5.87. The second-order valence-electron chi connectivity index (χ2n) is 5.94. The summed E-state index contributed by atoms with van der Waals surface area (Å²) in [4.78, 5) is 23.5. The molecule has 8 nitrogen and oxygen atoms in total. The molecule has 0 amide bonds. The van der Waals surface area contributed by atoms with Crippen molar-refractivity contribution >= 4 is 18.0 Å². The molecule has 0 fully saturated rings. The molecule has 0 atom stereocenters. The van der Waals surface area contributed by atoms with Crippen molar-refractivity contribution in [3.8, 4) is 28.7 Å². The van der Waals surface area contributed by atoms with Crippen molar-refractivity contribution in [3.63, 3.8) is 0 Å². The van der Waals surface area contributed by atoms with Crippen LogP contribution in [-0.4, -0.2) is 40.4 Å². The molecule has 0 aliphatic heterocycles. The molecule has 0 aromatic heterocycles. The average Bonchev–Trinajstić information content (AvgIpc) is 2.75. The largest absolute Gasteiger partial charge is 0.493 e. The molecule has 0 spiro atoms. The molecule has 160 valence electrons. The molecule has 2 aromatic carbocycles. The second kappa shape index (κ2) is 10.8. The molecule has 0 saturated carbocycles. The molecule has 0 N–H and O–H groups in total. The Hall–Kier alpha value is -3.68. The van der Waals surface area contributed by atoms with E-state index in [0.717, 1.165) is 0 Å². The maximum Gasteiger partial charge on any atom is 0.331 e. The van der Waals surface area contributed by atoms with E-state index in [-0.39, 0.29) is 12.4 Å². The fraction of sp³-hybridized carbons (Fsp3) is 0.273. The Balaban J connectivity index is 2.14. The van der Waals surface area contributed by atoms with Gasteiger partial charge in [-0.3, -0.25) is 4.79 Å². The van der Waals surface area contributed by atoms with Crippen molar-refractivity contribution < 1.29 is 38.0 Å². The van der Waals surface area contributed by atoms with Crippen molar-refractivity contribution in [3.05, 3.63) is 47.5 Å². The number of benzene rings is 2. The highest BCUT2D eigenvalue weighted by Gasteiger charge is 2.16. The Labute approximate surface area is 174 Å². The Morgan fingerprint density at radius 2 is 1.50 bits per heavy atom. The fourth-order valence-corrected chi connectivity index (χ4v) is 2.67. The van der Waals surface area contributed by atoms with Gasteiger partial charge in [-0.25, -0.2) is 4.79 Å². The van der Waals surface area contributed by atoms with Crippen LogP contribution >= 0.6 is 0 Å². The molecule has 0 unspecified atom stereocenters. The van der Waals surface area contributed by atoms with E-state index in [1.165, 1.54) is 47.5 Å². The van der Waals surface area contributed by atoms with Gasteiger partial charge >= 0.3 is 11.9 Å². The van der Waals surface area contributed by atoms with Gasteiger partial charge in [-0.2, -0.15) is 0 Å². The van der Waals surface area contributed by atoms with Gasteiger partial charge in [-0.1, -0.05) is 12.1 Å². The van der Waals surface area contributed by atoms with Gasteiger partial charge in [0.1, 0.15) is 6.61 Å². The summed E-state index contributed by atoms with van der Waals surface area (Å²) in [5, 5.41) is 0. The van der Waals surface area contributed by atoms with Crippen LogP contribution in [0.25, 0.3) is 6.08 Å². The molecule has 30 heavy (non-hydrogen) atoms. The van der Waals surface area contributed by atoms with Gasteiger partial charge < -0.3 is 28.4 Å². The number of methoxy groups -OCH3 is 4. The van der Waals surface area contributed by atoms with Crippen LogP contribution in [0.5, 0.6) is 28.7 Å². The van der Waals surface area contributed by atoms with Crippen LogP contribution in [0.3, 0.4) is 0 Å². The highest BCUT2D eigenvalue weighted by atomic mass is 16.6. The summed E-state index contributed by atoms with van der Waals surface area (Å²) < 4.78 is 31.5. The topological polar surface area (TPSA) is 89.5 Å². The average molecular weight is 416 g/mol. The molecule has 0 saturated heterocycles. The van der Waals surface area contributed by atoms with Crippen LogP contribution < -0.4 is 23.7 Å². The minimum Gasteiger partial charge on any atom is -0.493 e.